The summed E-state index contributed by atoms with van der Waals surface area (Å²) in [6.07, 6.45) is 2.49. The van der Waals surface area contributed by atoms with Crippen LogP contribution in [0.25, 0.3) is 21.6 Å². The topological polar surface area (TPSA) is 76.8 Å². The number of anilines is 1. The number of rotatable bonds is 5. The van der Waals surface area contributed by atoms with Crippen molar-refractivity contribution >= 4 is 59.3 Å². The van der Waals surface area contributed by atoms with Crippen molar-refractivity contribution in [1.82, 2.24) is 10.3 Å². The minimum absolute atomic E-state index is 0.0887. The highest BCUT2D eigenvalue weighted by Gasteiger charge is 2.45. The Labute approximate surface area is 191 Å². The number of nitrogens with zero attached hydrogens (tertiary/aromatic N) is 2. The lowest BCUT2D eigenvalue weighted by molar-refractivity contribution is 0.0842. The summed E-state index contributed by atoms with van der Waals surface area (Å²) in [4.78, 5) is 18.1. The molecule has 31 heavy (non-hydrogen) atoms. The molecular formula is C21H26BN3O4S2. The van der Waals surface area contributed by atoms with Crippen LogP contribution in [0.15, 0.2) is 22.7 Å². The smallest absolute Gasteiger partial charge is 0.454 e. The molecule has 3 heterocycles. The van der Waals surface area contributed by atoms with E-state index in [1.54, 1.807) is 17.5 Å². The van der Waals surface area contributed by atoms with Crippen LogP contribution in [0.3, 0.4) is 0 Å². The molecule has 1 N–H and O–H groups in total. The van der Waals surface area contributed by atoms with Crippen LogP contribution in [0.4, 0.5) is 5.69 Å². The zero-order valence-corrected chi connectivity index (χ0v) is 20.2. The van der Waals surface area contributed by atoms with E-state index in [1.165, 1.54) is 11.3 Å². The van der Waals surface area contributed by atoms with Crippen molar-refractivity contribution in [2.24, 2.45) is 0 Å². The van der Waals surface area contributed by atoms with Crippen molar-refractivity contribution in [3.8, 4) is 10.6 Å². The molecule has 0 spiro atoms. The second-order valence-corrected chi connectivity index (χ2v) is 9.83. The lowest BCUT2D eigenvalue weighted by atomic mass is 9.77. The third-order valence-corrected chi connectivity index (χ3v) is 7.05. The van der Waals surface area contributed by atoms with E-state index in [9.17, 15) is 4.79 Å². The molecule has 1 aliphatic rings. The Balaban J connectivity index is 1.94. The summed E-state index contributed by atoms with van der Waals surface area (Å²) in [6, 6.07) is 3.79. The number of thiol groups is 1. The van der Waals surface area contributed by atoms with Crippen molar-refractivity contribution < 1.29 is 18.5 Å². The molecule has 3 aromatic rings. The number of furan rings is 1. The predicted octanol–water partition coefficient (Wildman–Crippen LogP) is 3.67. The van der Waals surface area contributed by atoms with E-state index in [2.05, 4.69) is 23.1 Å². The number of aryl methyl sites for hydroxylation is 1. The van der Waals surface area contributed by atoms with Gasteiger partial charge in [0.2, 0.25) is 0 Å². The van der Waals surface area contributed by atoms with E-state index in [0.29, 0.717) is 22.3 Å². The molecule has 1 aliphatic heterocycles. The molecule has 1 amide bonds. The molecule has 0 radical (unpaired) electrons. The van der Waals surface area contributed by atoms with Crippen LogP contribution in [-0.2, 0) is 15.7 Å². The van der Waals surface area contributed by atoms with Crippen molar-refractivity contribution in [2.45, 2.75) is 45.8 Å². The summed E-state index contributed by atoms with van der Waals surface area (Å²) in [5.41, 5.74) is 2.21. The highest BCUT2D eigenvalue weighted by molar-refractivity contribution is 7.81. The number of fused-ring (bicyclic) bond motifs is 1. The highest BCUT2D eigenvalue weighted by atomic mass is 32.1. The first kappa shape index (κ1) is 22.2. The summed E-state index contributed by atoms with van der Waals surface area (Å²) < 4.78 is 20.2. The van der Waals surface area contributed by atoms with Crippen molar-refractivity contribution in [3.63, 3.8) is 0 Å². The van der Waals surface area contributed by atoms with Crippen LogP contribution in [0.2, 0.25) is 0 Å². The lowest BCUT2D eigenvalue weighted by Crippen LogP contribution is -2.37. The maximum atomic E-state index is 12.9. The Bertz CT molecular complexity index is 1140. The lowest BCUT2D eigenvalue weighted by Gasteiger charge is -2.22. The Kier molecular flexibility index (Phi) is 5.84. The summed E-state index contributed by atoms with van der Waals surface area (Å²) >= 11 is 6.04. The quantitative estimate of drug-likeness (QED) is 0.448. The van der Waals surface area contributed by atoms with Crippen molar-refractivity contribution in [2.75, 3.05) is 18.4 Å². The Morgan fingerprint density at radius 2 is 2.16 bits per heavy atom. The maximum absolute atomic E-state index is 12.9. The number of hydrogen-bond donors (Lipinski definition) is 2. The molecule has 1 unspecified atom stereocenters. The Morgan fingerprint density at radius 3 is 2.71 bits per heavy atom. The minimum Gasteiger partial charge on any atom is -0.454 e. The zero-order valence-electron chi connectivity index (χ0n) is 18.5. The molecule has 7 nitrogen and oxygen atoms in total. The number of benzene rings is 1. The van der Waals surface area contributed by atoms with Gasteiger partial charge in [0.15, 0.2) is 5.76 Å². The van der Waals surface area contributed by atoms with Gasteiger partial charge in [-0.1, -0.05) is 19.7 Å². The first-order valence-corrected chi connectivity index (χ1v) is 11.4. The third-order valence-electron chi connectivity index (χ3n) is 5.69. The maximum Gasteiger partial charge on any atom is 0.496 e. The molecule has 0 saturated carbocycles. The van der Waals surface area contributed by atoms with Gasteiger partial charge in [-0.05, 0) is 33.3 Å². The van der Waals surface area contributed by atoms with Gasteiger partial charge in [-0.2, -0.15) is 0 Å². The van der Waals surface area contributed by atoms with Gasteiger partial charge in [0, 0.05) is 42.9 Å². The van der Waals surface area contributed by atoms with E-state index in [1.807, 2.05) is 46.9 Å². The van der Waals surface area contributed by atoms with E-state index >= 15 is 0 Å². The largest absolute Gasteiger partial charge is 0.496 e. The fourth-order valence-electron chi connectivity index (χ4n) is 3.61. The highest BCUT2D eigenvalue weighted by Crippen LogP contribution is 2.38. The summed E-state index contributed by atoms with van der Waals surface area (Å²) in [6.45, 7) is 8.04. The fourth-order valence-corrected chi connectivity index (χ4v) is 4.62. The Hall–Kier alpha value is -2.01. The molecule has 1 aromatic carbocycles. The van der Waals surface area contributed by atoms with Gasteiger partial charge in [-0.15, -0.1) is 11.3 Å². The number of carbonyl (C=O) groups is 1. The molecule has 1 saturated heterocycles. The van der Waals surface area contributed by atoms with Crippen molar-refractivity contribution in [1.29, 1.82) is 0 Å². The fraction of sp³-hybridized carbons (Fsp3) is 0.429. The van der Waals surface area contributed by atoms with Crippen LogP contribution < -0.4 is 15.1 Å². The summed E-state index contributed by atoms with van der Waals surface area (Å²) in [5.74, 6) is 0.290. The molecule has 1 fully saturated rings. The van der Waals surface area contributed by atoms with Crippen molar-refractivity contribution in [3.05, 3.63) is 28.9 Å². The van der Waals surface area contributed by atoms with Gasteiger partial charge in [-0.25, -0.2) is 4.98 Å². The molecule has 0 bridgehead atoms. The number of thiazole rings is 1. The van der Waals surface area contributed by atoms with Gasteiger partial charge < -0.3 is 23.3 Å². The number of carbonyl (C=O) groups excluding carboxylic acids is 1. The summed E-state index contributed by atoms with van der Waals surface area (Å²) in [5, 5.41) is 4.41. The molecule has 0 aliphatic carbocycles. The predicted molar refractivity (Wildman–Crippen MR) is 129 cm³/mol. The van der Waals surface area contributed by atoms with Gasteiger partial charge in [-0.3, -0.25) is 4.79 Å². The van der Waals surface area contributed by atoms with E-state index < -0.39 is 12.7 Å². The average Bonchev–Trinajstić information content (AvgIpc) is 3.41. The normalized spacial score (nSPS) is 18.0. The van der Waals surface area contributed by atoms with Gasteiger partial charge >= 0.3 is 7.12 Å². The molecule has 1 atom stereocenters. The van der Waals surface area contributed by atoms with Crippen LogP contribution in [0.1, 0.15) is 43.1 Å². The minimum atomic E-state index is -0.579. The number of aromatic nitrogens is 1. The first-order chi connectivity index (χ1) is 14.7. The van der Waals surface area contributed by atoms with Gasteiger partial charge in [0.1, 0.15) is 5.58 Å². The third kappa shape index (κ3) is 3.86. The second-order valence-electron chi connectivity index (χ2n) is 8.12. The molecule has 164 valence electrons. The first-order valence-electron chi connectivity index (χ1n) is 10.2. The molecule has 10 heteroatoms. The van der Waals surface area contributed by atoms with Crippen LogP contribution >= 0.6 is 24.2 Å². The number of nitrogens with one attached hydrogen (secondary N) is 1. The summed E-state index contributed by atoms with van der Waals surface area (Å²) in [7, 11) is 2.86. The number of amides is 1. The molecular weight excluding hydrogens is 433 g/mol. The SMILES string of the molecule is CCc1ncc(-c2oc3cc(N(C)S)c(B4OC(C)C(C)(C)O4)cc3c2C(=O)NC)s1. The molecule has 4 rings (SSSR count). The van der Waals surface area contributed by atoms with Gasteiger partial charge in [0.05, 0.1) is 27.2 Å². The van der Waals surface area contributed by atoms with Crippen LogP contribution in [0, 0.1) is 0 Å². The molecule has 2 aromatic heterocycles. The Morgan fingerprint density at radius 1 is 1.42 bits per heavy atom. The van der Waals surface area contributed by atoms with Crippen LogP contribution in [-0.4, -0.2) is 43.8 Å². The van der Waals surface area contributed by atoms with E-state index in [-0.39, 0.29) is 12.0 Å². The van der Waals surface area contributed by atoms with Gasteiger partial charge in [0.25, 0.3) is 5.91 Å². The monoisotopic (exact) mass is 459 g/mol. The number of hydrogen-bond acceptors (Lipinski definition) is 8. The second kappa shape index (κ2) is 8.16. The van der Waals surface area contributed by atoms with E-state index in [0.717, 1.165) is 27.5 Å². The zero-order chi connectivity index (χ0) is 22.5. The van der Waals surface area contributed by atoms with E-state index in [4.69, 9.17) is 13.7 Å². The average molecular weight is 459 g/mol. The van der Waals surface area contributed by atoms with Crippen LogP contribution in [0.5, 0.6) is 0 Å². The standard InChI is InChI=1S/C21H26BN3O4S2/c1-7-17-24-10-16(31-17)19-18(20(26)23-5)12-8-13(14(25(6)30)9-15(12)27-19)22-28-11(2)21(3,4)29-22/h8-11,30H,7H2,1-6H3,(H,23,26).